The lowest BCUT2D eigenvalue weighted by Gasteiger charge is -2.39. The molecule has 2 aromatic rings. The van der Waals surface area contributed by atoms with Gasteiger partial charge in [-0.2, -0.15) is 5.10 Å². The van der Waals surface area contributed by atoms with E-state index in [9.17, 15) is 14.4 Å². The van der Waals surface area contributed by atoms with Crippen LogP contribution in [0.4, 0.5) is 0 Å². The Hall–Kier alpha value is -2.90. The highest BCUT2D eigenvalue weighted by atomic mass is 16.3. The number of fused-ring (bicyclic) bond motifs is 2. The summed E-state index contributed by atoms with van der Waals surface area (Å²) in [6.45, 7) is 1.71. The third kappa shape index (κ3) is 2.91. The summed E-state index contributed by atoms with van der Waals surface area (Å²) in [5, 5.41) is 9.42. The molecular weight excluding hydrogens is 336 g/mol. The number of hydrogen-bond acceptors (Lipinski definition) is 5. The van der Waals surface area contributed by atoms with Crippen LogP contribution in [-0.4, -0.2) is 45.0 Å². The topological polar surface area (TPSA) is 108 Å². The van der Waals surface area contributed by atoms with Crippen molar-refractivity contribution in [2.24, 2.45) is 0 Å². The Morgan fingerprint density at radius 1 is 1.31 bits per heavy atom. The largest absolute Gasteiger partial charge is 0.472 e. The van der Waals surface area contributed by atoms with Crippen molar-refractivity contribution in [1.29, 1.82) is 0 Å². The molecule has 2 amide bonds. The van der Waals surface area contributed by atoms with E-state index >= 15 is 0 Å². The molecule has 2 fully saturated rings. The maximum Gasteiger partial charge on any atom is 0.276 e. The van der Waals surface area contributed by atoms with Gasteiger partial charge in [-0.15, -0.1) is 0 Å². The van der Waals surface area contributed by atoms with Gasteiger partial charge in [-0.05, 0) is 38.7 Å². The van der Waals surface area contributed by atoms with Crippen molar-refractivity contribution in [3.63, 3.8) is 0 Å². The number of piperidine rings is 1. The molecule has 8 nitrogen and oxygen atoms in total. The Balaban J connectivity index is 1.45. The molecule has 1 unspecified atom stereocenters. The van der Waals surface area contributed by atoms with E-state index < -0.39 is 11.3 Å². The fourth-order valence-electron chi connectivity index (χ4n) is 4.07. The molecule has 2 aliphatic rings. The second kappa shape index (κ2) is 6.44. The van der Waals surface area contributed by atoms with Crippen molar-refractivity contribution in [3.8, 4) is 0 Å². The van der Waals surface area contributed by atoms with Crippen LogP contribution in [0.3, 0.4) is 0 Å². The van der Waals surface area contributed by atoms with Gasteiger partial charge in [-0.25, -0.2) is 0 Å². The number of carbonyl (C=O) groups excluding carboxylic acids is 2. The molecule has 0 aliphatic carbocycles. The first kappa shape index (κ1) is 16.6. The fourth-order valence-corrected chi connectivity index (χ4v) is 4.07. The highest BCUT2D eigenvalue weighted by molar-refractivity contribution is 5.95. The lowest BCUT2D eigenvalue weighted by Crippen LogP contribution is -2.52. The second-order valence-corrected chi connectivity index (χ2v) is 7.02. The number of amides is 2. The SMILES string of the molecule is Cc1cc(=O)c(C(=O)NC2C[C@H]3CC[C@@H](C2)N3C(=O)c2ccoc2)n[nH]1. The van der Waals surface area contributed by atoms with Gasteiger partial charge in [-0.3, -0.25) is 19.5 Å². The zero-order valence-electron chi connectivity index (χ0n) is 14.4. The van der Waals surface area contributed by atoms with Crippen molar-refractivity contribution in [1.82, 2.24) is 20.4 Å². The molecule has 2 saturated heterocycles. The van der Waals surface area contributed by atoms with Crippen molar-refractivity contribution >= 4 is 11.8 Å². The first-order valence-corrected chi connectivity index (χ1v) is 8.75. The third-order valence-electron chi connectivity index (χ3n) is 5.21. The minimum atomic E-state index is -0.467. The average Bonchev–Trinajstić information content (AvgIpc) is 3.21. The maximum absolute atomic E-state index is 12.7. The van der Waals surface area contributed by atoms with Gasteiger partial charge < -0.3 is 14.6 Å². The maximum atomic E-state index is 12.7. The molecule has 2 N–H and O–H groups in total. The Morgan fingerprint density at radius 2 is 2.04 bits per heavy atom. The van der Waals surface area contributed by atoms with Gasteiger partial charge in [-0.1, -0.05) is 0 Å². The summed E-state index contributed by atoms with van der Waals surface area (Å²) in [7, 11) is 0. The molecule has 2 aromatic heterocycles. The van der Waals surface area contributed by atoms with Gasteiger partial charge in [0.25, 0.3) is 11.8 Å². The first-order valence-electron chi connectivity index (χ1n) is 8.75. The van der Waals surface area contributed by atoms with Gasteiger partial charge in [0.15, 0.2) is 5.69 Å². The normalized spacial score (nSPS) is 24.5. The van der Waals surface area contributed by atoms with Gasteiger partial charge in [0, 0.05) is 29.9 Å². The van der Waals surface area contributed by atoms with E-state index in [-0.39, 0.29) is 29.7 Å². The monoisotopic (exact) mass is 356 g/mol. The molecule has 3 atom stereocenters. The van der Waals surface area contributed by atoms with Crippen LogP contribution in [0.1, 0.15) is 52.2 Å². The number of nitrogens with one attached hydrogen (secondary N) is 2. The molecule has 2 bridgehead atoms. The van der Waals surface area contributed by atoms with Crippen LogP contribution in [0.5, 0.6) is 0 Å². The molecular formula is C18H20N4O4. The number of rotatable bonds is 3. The predicted molar refractivity (Wildman–Crippen MR) is 91.8 cm³/mol. The Bertz CT molecular complexity index is 875. The van der Waals surface area contributed by atoms with E-state index in [1.807, 2.05) is 4.90 Å². The van der Waals surface area contributed by atoms with E-state index in [0.717, 1.165) is 12.8 Å². The summed E-state index contributed by atoms with van der Waals surface area (Å²) in [5.41, 5.74) is 0.643. The summed E-state index contributed by atoms with van der Waals surface area (Å²) in [6, 6.07) is 3.13. The van der Waals surface area contributed by atoms with Crippen LogP contribution in [-0.2, 0) is 0 Å². The summed E-state index contributed by atoms with van der Waals surface area (Å²) >= 11 is 0. The summed E-state index contributed by atoms with van der Waals surface area (Å²) in [5.74, 6) is -0.488. The highest BCUT2D eigenvalue weighted by Gasteiger charge is 2.44. The van der Waals surface area contributed by atoms with Crippen molar-refractivity contribution in [3.05, 3.63) is 51.8 Å². The fraction of sp³-hybridized carbons (Fsp3) is 0.444. The third-order valence-corrected chi connectivity index (χ3v) is 5.21. The molecule has 0 radical (unpaired) electrons. The summed E-state index contributed by atoms with van der Waals surface area (Å²) < 4.78 is 5.02. The van der Waals surface area contributed by atoms with Crippen LogP contribution >= 0.6 is 0 Å². The predicted octanol–water partition coefficient (Wildman–Crippen LogP) is 1.24. The van der Waals surface area contributed by atoms with Gasteiger partial charge in [0.05, 0.1) is 11.8 Å². The van der Waals surface area contributed by atoms with Crippen molar-refractivity contribution in [2.45, 2.75) is 50.7 Å². The van der Waals surface area contributed by atoms with Gasteiger partial charge in [0.2, 0.25) is 5.43 Å². The van der Waals surface area contributed by atoms with E-state index in [4.69, 9.17) is 4.42 Å². The molecule has 0 spiro atoms. The number of aromatic amines is 1. The molecule has 26 heavy (non-hydrogen) atoms. The highest BCUT2D eigenvalue weighted by Crippen LogP contribution is 2.36. The Kier molecular flexibility index (Phi) is 4.10. The van der Waals surface area contributed by atoms with E-state index in [0.29, 0.717) is 24.1 Å². The van der Waals surface area contributed by atoms with Crippen LogP contribution in [0.2, 0.25) is 0 Å². The van der Waals surface area contributed by atoms with E-state index in [1.165, 1.54) is 18.6 Å². The Labute approximate surface area is 149 Å². The molecule has 0 saturated carbocycles. The molecule has 2 aliphatic heterocycles. The van der Waals surface area contributed by atoms with Crippen LogP contribution in [0.25, 0.3) is 0 Å². The van der Waals surface area contributed by atoms with Gasteiger partial charge in [0.1, 0.15) is 6.26 Å². The number of aryl methyl sites for hydroxylation is 1. The number of nitrogens with zero attached hydrogens (tertiary/aromatic N) is 2. The minimum absolute atomic E-state index is 0.0207. The van der Waals surface area contributed by atoms with Crippen LogP contribution in [0, 0.1) is 6.92 Å². The van der Waals surface area contributed by atoms with E-state index in [2.05, 4.69) is 15.5 Å². The number of H-pyrrole nitrogens is 1. The number of hydrogen-bond donors (Lipinski definition) is 2. The quantitative estimate of drug-likeness (QED) is 0.860. The molecule has 0 aromatic carbocycles. The second-order valence-electron chi connectivity index (χ2n) is 7.02. The molecule has 136 valence electrons. The smallest absolute Gasteiger partial charge is 0.276 e. The number of aromatic nitrogens is 2. The standard InChI is InChI=1S/C18H20N4O4/c1-10-6-15(23)16(21-20-10)17(24)19-12-7-13-2-3-14(8-12)22(13)18(25)11-4-5-26-9-11/h4-6,9,12-14H,2-3,7-8H2,1H3,(H,19,24)(H,20,23)/t12?,13-,14+. The number of furan rings is 1. The van der Waals surface area contributed by atoms with Crippen LogP contribution in [0.15, 0.2) is 33.9 Å². The molecule has 4 rings (SSSR count). The molecule has 8 heteroatoms. The first-order chi connectivity index (χ1) is 12.5. The molecule has 4 heterocycles. The van der Waals surface area contributed by atoms with E-state index in [1.54, 1.807) is 13.0 Å². The minimum Gasteiger partial charge on any atom is -0.472 e. The zero-order chi connectivity index (χ0) is 18.3. The Morgan fingerprint density at radius 3 is 2.65 bits per heavy atom. The number of carbonyl (C=O) groups is 2. The van der Waals surface area contributed by atoms with Gasteiger partial charge >= 0.3 is 0 Å². The van der Waals surface area contributed by atoms with Crippen molar-refractivity contribution < 1.29 is 14.0 Å². The van der Waals surface area contributed by atoms with Crippen LogP contribution < -0.4 is 10.7 Å². The summed E-state index contributed by atoms with van der Waals surface area (Å²) in [6.07, 6.45) is 6.15. The lowest BCUT2D eigenvalue weighted by molar-refractivity contribution is 0.0548. The summed E-state index contributed by atoms with van der Waals surface area (Å²) in [4.78, 5) is 38.9. The van der Waals surface area contributed by atoms with Crippen molar-refractivity contribution in [2.75, 3.05) is 0 Å². The zero-order valence-corrected chi connectivity index (χ0v) is 14.4. The lowest BCUT2D eigenvalue weighted by atomic mass is 9.96. The average molecular weight is 356 g/mol.